The molecule has 0 saturated carbocycles. The van der Waals surface area contributed by atoms with Crippen LogP contribution < -0.4 is 10.1 Å². The molecule has 2 aromatic heterocycles. The van der Waals surface area contributed by atoms with Crippen molar-refractivity contribution < 1.29 is 9.53 Å². The molecule has 0 spiro atoms. The van der Waals surface area contributed by atoms with Crippen molar-refractivity contribution >= 4 is 17.5 Å². The van der Waals surface area contributed by atoms with Gasteiger partial charge in [0.1, 0.15) is 17.4 Å². The molecule has 1 N–H and O–H groups in total. The van der Waals surface area contributed by atoms with Gasteiger partial charge in [-0.2, -0.15) is 0 Å². The fraction of sp³-hybridized carbons (Fsp3) is 0.333. The molecule has 31 heavy (non-hydrogen) atoms. The van der Waals surface area contributed by atoms with Gasteiger partial charge in [0, 0.05) is 37.1 Å². The van der Waals surface area contributed by atoms with Crippen molar-refractivity contribution in [1.82, 2.24) is 19.9 Å². The molecule has 0 unspecified atom stereocenters. The summed E-state index contributed by atoms with van der Waals surface area (Å²) in [4.78, 5) is 27.6. The van der Waals surface area contributed by atoms with Crippen LogP contribution in [0.2, 0.25) is 0 Å². The van der Waals surface area contributed by atoms with Crippen molar-refractivity contribution in [2.24, 2.45) is 0 Å². The number of anilines is 2. The number of benzene rings is 1. The highest BCUT2D eigenvalue weighted by atomic mass is 16.5. The highest BCUT2D eigenvalue weighted by Crippen LogP contribution is 2.28. The molecule has 0 aliphatic carbocycles. The molecule has 7 heteroatoms. The maximum absolute atomic E-state index is 12.6. The molecular weight excluding hydrogens is 390 g/mol. The normalized spacial score (nSPS) is 14.3. The van der Waals surface area contributed by atoms with Crippen LogP contribution in [0.3, 0.4) is 0 Å². The minimum absolute atomic E-state index is 0.151. The van der Waals surface area contributed by atoms with Gasteiger partial charge in [0.25, 0.3) is 0 Å². The summed E-state index contributed by atoms with van der Waals surface area (Å²) in [6.45, 7) is 3.91. The minimum Gasteiger partial charge on any atom is -0.493 e. The first kappa shape index (κ1) is 20.8. The number of hydrogen-bond acceptors (Lipinski definition) is 6. The summed E-state index contributed by atoms with van der Waals surface area (Å²) in [6.07, 6.45) is 7.16. The molecular formula is C24H27N5O2. The maximum atomic E-state index is 12.6. The number of nitrogens with one attached hydrogen (secondary N) is 1. The number of ether oxygens (including phenoxy) is 1. The zero-order valence-electron chi connectivity index (χ0n) is 17.7. The Balaban J connectivity index is 1.26. The van der Waals surface area contributed by atoms with Crippen LogP contribution in [0.5, 0.6) is 5.75 Å². The number of carbonyl (C=O) groups is 1. The number of aryl methyl sites for hydroxylation is 1. The SMILES string of the molecule is Cc1ccccc1OCCC(=O)N1CCC(c2cccc(Nc3cnccn3)n2)CC1. The third-order valence-corrected chi connectivity index (χ3v) is 5.52. The Bertz CT molecular complexity index is 1000. The van der Waals surface area contributed by atoms with Gasteiger partial charge in [-0.1, -0.05) is 24.3 Å². The first-order valence-electron chi connectivity index (χ1n) is 10.7. The van der Waals surface area contributed by atoms with Crippen molar-refractivity contribution in [3.63, 3.8) is 0 Å². The Hall–Kier alpha value is -3.48. The molecule has 160 valence electrons. The van der Waals surface area contributed by atoms with Gasteiger partial charge in [-0.05, 0) is 43.5 Å². The van der Waals surface area contributed by atoms with E-state index < -0.39 is 0 Å². The number of para-hydroxylation sites is 1. The van der Waals surface area contributed by atoms with E-state index in [9.17, 15) is 4.79 Å². The highest BCUT2D eigenvalue weighted by molar-refractivity contribution is 5.76. The molecule has 0 radical (unpaired) electrons. The van der Waals surface area contributed by atoms with E-state index in [1.165, 1.54) is 0 Å². The zero-order chi connectivity index (χ0) is 21.5. The molecule has 4 rings (SSSR count). The van der Waals surface area contributed by atoms with Crippen LogP contribution in [0.25, 0.3) is 0 Å². The van der Waals surface area contributed by atoms with E-state index >= 15 is 0 Å². The number of aromatic nitrogens is 3. The van der Waals surface area contributed by atoms with Crippen LogP contribution in [-0.4, -0.2) is 45.5 Å². The first-order valence-corrected chi connectivity index (χ1v) is 10.7. The molecule has 0 atom stereocenters. The maximum Gasteiger partial charge on any atom is 0.225 e. The van der Waals surface area contributed by atoms with Crippen LogP contribution in [-0.2, 0) is 4.79 Å². The summed E-state index contributed by atoms with van der Waals surface area (Å²) in [5, 5.41) is 3.19. The molecule has 1 aliphatic heterocycles. The summed E-state index contributed by atoms with van der Waals surface area (Å²) in [5.41, 5.74) is 2.13. The third-order valence-electron chi connectivity index (χ3n) is 5.52. The predicted octanol–water partition coefficient (Wildman–Crippen LogP) is 4.10. The van der Waals surface area contributed by atoms with Gasteiger partial charge in [0.15, 0.2) is 0 Å². The van der Waals surface area contributed by atoms with Gasteiger partial charge in [0.2, 0.25) is 5.91 Å². The van der Waals surface area contributed by atoms with Crippen molar-refractivity contribution in [3.8, 4) is 5.75 Å². The summed E-state index contributed by atoms with van der Waals surface area (Å²) in [7, 11) is 0. The van der Waals surface area contributed by atoms with Crippen molar-refractivity contribution in [2.75, 3.05) is 25.0 Å². The number of rotatable bonds is 7. The lowest BCUT2D eigenvalue weighted by atomic mass is 9.93. The molecule has 7 nitrogen and oxygen atoms in total. The second-order valence-electron chi connectivity index (χ2n) is 7.68. The molecule has 1 amide bonds. The Morgan fingerprint density at radius 3 is 2.71 bits per heavy atom. The van der Waals surface area contributed by atoms with E-state index in [0.717, 1.165) is 48.8 Å². The van der Waals surface area contributed by atoms with Gasteiger partial charge in [-0.25, -0.2) is 9.97 Å². The lowest BCUT2D eigenvalue weighted by Gasteiger charge is -2.32. The zero-order valence-corrected chi connectivity index (χ0v) is 17.7. The minimum atomic E-state index is 0.151. The summed E-state index contributed by atoms with van der Waals surface area (Å²) in [6, 6.07) is 13.8. The Kier molecular flexibility index (Phi) is 6.72. The lowest BCUT2D eigenvalue weighted by Crippen LogP contribution is -2.38. The molecule has 0 bridgehead atoms. The second kappa shape index (κ2) is 10.0. The second-order valence-corrected chi connectivity index (χ2v) is 7.68. The van der Waals surface area contributed by atoms with Crippen LogP contribution >= 0.6 is 0 Å². The van der Waals surface area contributed by atoms with Gasteiger partial charge in [-0.3, -0.25) is 9.78 Å². The molecule has 1 aliphatic rings. The molecule has 1 saturated heterocycles. The van der Waals surface area contributed by atoms with E-state index in [-0.39, 0.29) is 5.91 Å². The van der Waals surface area contributed by atoms with Crippen LogP contribution in [0.15, 0.2) is 61.1 Å². The van der Waals surface area contributed by atoms with Crippen LogP contribution in [0, 0.1) is 6.92 Å². The average Bonchev–Trinajstić information content (AvgIpc) is 2.81. The smallest absolute Gasteiger partial charge is 0.225 e. The van der Waals surface area contributed by atoms with Crippen LogP contribution in [0.4, 0.5) is 11.6 Å². The molecule has 3 heterocycles. The number of pyridine rings is 1. The van der Waals surface area contributed by atoms with Gasteiger partial charge < -0.3 is 15.0 Å². The number of hydrogen-bond donors (Lipinski definition) is 1. The van der Waals surface area contributed by atoms with E-state index in [1.807, 2.05) is 48.2 Å². The number of piperidine rings is 1. The molecule has 3 aromatic rings. The number of carbonyl (C=O) groups excluding carboxylic acids is 1. The molecule has 1 aromatic carbocycles. The van der Waals surface area contributed by atoms with E-state index in [0.29, 0.717) is 24.8 Å². The van der Waals surface area contributed by atoms with E-state index in [2.05, 4.69) is 21.4 Å². The topological polar surface area (TPSA) is 80.2 Å². The van der Waals surface area contributed by atoms with Crippen LogP contribution in [0.1, 0.15) is 36.4 Å². The Morgan fingerprint density at radius 1 is 1.10 bits per heavy atom. The quantitative estimate of drug-likeness (QED) is 0.623. The van der Waals surface area contributed by atoms with Crippen molar-refractivity contribution in [3.05, 3.63) is 72.3 Å². The lowest BCUT2D eigenvalue weighted by molar-refractivity contribution is -0.132. The largest absolute Gasteiger partial charge is 0.493 e. The predicted molar refractivity (Wildman–Crippen MR) is 119 cm³/mol. The Morgan fingerprint density at radius 2 is 1.94 bits per heavy atom. The summed E-state index contributed by atoms with van der Waals surface area (Å²) in [5.74, 6) is 2.76. The van der Waals surface area contributed by atoms with Gasteiger partial charge in [-0.15, -0.1) is 0 Å². The Labute approximate surface area is 182 Å². The monoisotopic (exact) mass is 417 g/mol. The van der Waals surface area contributed by atoms with Gasteiger partial charge in [0.05, 0.1) is 19.2 Å². The first-order chi connectivity index (χ1) is 15.2. The summed E-state index contributed by atoms with van der Waals surface area (Å²) >= 11 is 0. The fourth-order valence-corrected chi connectivity index (χ4v) is 3.79. The number of nitrogens with zero attached hydrogens (tertiary/aromatic N) is 4. The highest BCUT2D eigenvalue weighted by Gasteiger charge is 2.24. The fourth-order valence-electron chi connectivity index (χ4n) is 3.79. The summed E-state index contributed by atoms with van der Waals surface area (Å²) < 4.78 is 5.78. The van der Waals surface area contributed by atoms with E-state index in [1.54, 1.807) is 18.6 Å². The average molecular weight is 418 g/mol. The van der Waals surface area contributed by atoms with Crippen molar-refractivity contribution in [1.29, 1.82) is 0 Å². The third kappa shape index (κ3) is 5.57. The molecule has 1 fully saturated rings. The van der Waals surface area contributed by atoms with Crippen molar-refractivity contribution in [2.45, 2.75) is 32.1 Å². The number of amides is 1. The van der Waals surface area contributed by atoms with Gasteiger partial charge >= 0.3 is 0 Å². The standard InChI is InChI=1S/C24H27N5O2/c1-18-5-2-3-7-21(18)31-16-11-24(30)29-14-9-19(10-15-29)20-6-4-8-22(27-20)28-23-17-25-12-13-26-23/h2-8,12-13,17,19H,9-11,14-16H2,1H3,(H,26,27,28). The van der Waals surface area contributed by atoms with E-state index in [4.69, 9.17) is 9.72 Å². The number of likely N-dealkylation sites (tertiary alicyclic amines) is 1.